The van der Waals surface area contributed by atoms with Crippen molar-refractivity contribution in [3.05, 3.63) is 64.5 Å². The Morgan fingerprint density at radius 3 is 2.62 bits per heavy atom. The van der Waals surface area contributed by atoms with Crippen molar-refractivity contribution in [2.75, 3.05) is 26.5 Å². The lowest BCUT2D eigenvalue weighted by Gasteiger charge is -2.10. The van der Waals surface area contributed by atoms with Gasteiger partial charge in [-0.05, 0) is 43.2 Å². The second kappa shape index (κ2) is 11.2. The maximum Gasteiger partial charge on any atom is 0.232 e. The predicted octanol–water partition coefficient (Wildman–Crippen LogP) is 3.93. The highest BCUT2D eigenvalue weighted by Crippen LogP contribution is 2.29. The van der Waals surface area contributed by atoms with Crippen LogP contribution in [0.3, 0.4) is 0 Å². The van der Waals surface area contributed by atoms with Crippen LogP contribution in [0.4, 0.5) is 0 Å². The normalized spacial score (nSPS) is 11.8. The van der Waals surface area contributed by atoms with Crippen molar-refractivity contribution in [2.45, 2.75) is 19.1 Å². The second-order valence-electron chi connectivity index (χ2n) is 7.02. The minimum Gasteiger partial charge on any atom is -0.493 e. The number of hydrogen-bond donors (Lipinski definition) is 1. The lowest BCUT2D eigenvalue weighted by atomic mass is 10.1. The molecule has 0 aliphatic heterocycles. The second-order valence-corrected chi connectivity index (χ2v) is 8.88. The molecule has 1 aromatic heterocycles. The zero-order valence-corrected chi connectivity index (χ0v) is 19.7. The van der Waals surface area contributed by atoms with Gasteiger partial charge in [0.25, 0.3) is 0 Å². The van der Waals surface area contributed by atoms with Gasteiger partial charge in [0.2, 0.25) is 11.8 Å². The summed E-state index contributed by atoms with van der Waals surface area (Å²) in [5, 5.41) is 3.33. The largest absolute Gasteiger partial charge is 0.493 e. The summed E-state index contributed by atoms with van der Waals surface area (Å²) in [5.41, 5.74) is 2.22. The SMILES string of the molecule is COc1ccc(CCNC(=O)C[S@@](=O)Cc2nc(-c3ccccc3Cl)oc2C)cc1OC. The highest BCUT2D eigenvalue weighted by atomic mass is 35.5. The number of aryl methyl sites for hydroxylation is 1. The minimum atomic E-state index is -1.42. The molecule has 1 amide bonds. The Kier molecular flexibility index (Phi) is 8.30. The molecule has 3 aromatic rings. The fourth-order valence-electron chi connectivity index (χ4n) is 3.09. The maximum atomic E-state index is 12.5. The molecule has 0 bridgehead atoms. The van der Waals surface area contributed by atoms with Crippen LogP contribution < -0.4 is 14.8 Å². The Hall–Kier alpha value is -2.84. The number of benzene rings is 2. The molecule has 32 heavy (non-hydrogen) atoms. The van der Waals surface area contributed by atoms with Gasteiger partial charge in [-0.25, -0.2) is 4.98 Å². The molecule has 1 heterocycles. The highest BCUT2D eigenvalue weighted by molar-refractivity contribution is 7.84. The Labute approximate surface area is 194 Å². The molecule has 0 saturated carbocycles. The van der Waals surface area contributed by atoms with Gasteiger partial charge in [-0.15, -0.1) is 0 Å². The van der Waals surface area contributed by atoms with Gasteiger partial charge in [0.15, 0.2) is 11.5 Å². The third kappa shape index (κ3) is 6.11. The van der Waals surface area contributed by atoms with E-state index in [-0.39, 0.29) is 17.4 Å². The maximum absolute atomic E-state index is 12.5. The summed E-state index contributed by atoms with van der Waals surface area (Å²) in [6, 6.07) is 12.8. The Morgan fingerprint density at radius 2 is 1.91 bits per heavy atom. The molecular formula is C23H25ClN2O5S. The van der Waals surface area contributed by atoms with Gasteiger partial charge in [0.05, 0.1) is 36.3 Å². The van der Waals surface area contributed by atoms with Gasteiger partial charge in [-0.3, -0.25) is 9.00 Å². The molecule has 0 saturated heterocycles. The van der Waals surface area contributed by atoms with Crippen molar-refractivity contribution in [3.63, 3.8) is 0 Å². The summed E-state index contributed by atoms with van der Waals surface area (Å²) in [6.07, 6.45) is 0.613. The number of halogens is 1. The molecule has 0 aliphatic carbocycles. The molecule has 1 atom stereocenters. The molecule has 7 nitrogen and oxygen atoms in total. The fraction of sp³-hybridized carbons (Fsp3) is 0.304. The predicted molar refractivity (Wildman–Crippen MR) is 125 cm³/mol. The first-order chi connectivity index (χ1) is 15.4. The van der Waals surface area contributed by atoms with E-state index < -0.39 is 10.8 Å². The van der Waals surface area contributed by atoms with Crippen LogP contribution in [-0.4, -0.2) is 41.6 Å². The molecule has 0 radical (unpaired) electrons. The zero-order chi connectivity index (χ0) is 23.1. The molecule has 170 valence electrons. The van der Waals surface area contributed by atoms with Gasteiger partial charge in [0.1, 0.15) is 11.5 Å². The van der Waals surface area contributed by atoms with Gasteiger partial charge < -0.3 is 19.2 Å². The topological polar surface area (TPSA) is 90.7 Å². The first kappa shape index (κ1) is 23.8. The van der Waals surface area contributed by atoms with Crippen molar-refractivity contribution < 1.29 is 22.9 Å². The summed E-state index contributed by atoms with van der Waals surface area (Å²) >= 11 is 6.19. The number of ether oxygens (including phenoxy) is 2. The van der Waals surface area contributed by atoms with Crippen LogP contribution in [0.1, 0.15) is 17.0 Å². The molecule has 3 rings (SSSR count). The molecule has 0 unspecified atom stereocenters. The summed E-state index contributed by atoms with van der Waals surface area (Å²) in [7, 11) is 1.73. The quantitative estimate of drug-likeness (QED) is 0.476. The number of carbonyl (C=O) groups excluding carboxylic acids is 1. The number of hydrogen-bond acceptors (Lipinski definition) is 6. The first-order valence-corrected chi connectivity index (χ1v) is 11.8. The van der Waals surface area contributed by atoms with Crippen LogP contribution in [0, 0.1) is 6.92 Å². The molecular weight excluding hydrogens is 452 g/mol. The van der Waals surface area contributed by atoms with Crippen molar-refractivity contribution in [3.8, 4) is 23.0 Å². The number of aromatic nitrogens is 1. The van der Waals surface area contributed by atoms with Gasteiger partial charge in [-0.2, -0.15) is 0 Å². The Bertz CT molecular complexity index is 1120. The summed E-state index contributed by atoms with van der Waals surface area (Å²) in [6.45, 7) is 2.17. The average molecular weight is 477 g/mol. The van der Waals surface area contributed by atoms with Gasteiger partial charge in [0, 0.05) is 17.3 Å². The summed E-state index contributed by atoms with van der Waals surface area (Å²) in [5.74, 6) is 1.95. The molecule has 0 aliphatic rings. The third-order valence-electron chi connectivity index (χ3n) is 4.77. The van der Waals surface area contributed by atoms with Crippen LogP contribution >= 0.6 is 11.6 Å². The number of nitrogens with zero attached hydrogens (tertiary/aromatic N) is 1. The van der Waals surface area contributed by atoms with E-state index in [2.05, 4.69) is 10.3 Å². The van der Waals surface area contributed by atoms with Gasteiger partial charge in [-0.1, -0.05) is 29.8 Å². The van der Waals surface area contributed by atoms with E-state index in [4.69, 9.17) is 25.5 Å². The van der Waals surface area contributed by atoms with E-state index in [1.54, 1.807) is 33.3 Å². The number of oxazole rings is 1. The fourth-order valence-corrected chi connectivity index (χ4v) is 4.38. The molecule has 1 N–H and O–H groups in total. The van der Waals surface area contributed by atoms with Crippen LogP contribution in [0.5, 0.6) is 11.5 Å². The molecule has 9 heteroatoms. The molecule has 2 aromatic carbocycles. The van der Waals surface area contributed by atoms with Crippen LogP contribution in [0.2, 0.25) is 5.02 Å². The van der Waals surface area contributed by atoms with Crippen molar-refractivity contribution >= 4 is 28.3 Å². The van der Waals surface area contributed by atoms with E-state index in [1.165, 1.54) is 0 Å². The lowest BCUT2D eigenvalue weighted by Crippen LogP contribution is -2.30. The van der Waals surface area contributed by atoms with E-state index in [9.17, 15) is 9.00 Å². The smallest absolute Gasteiger partial charge is 0.232 e. The standard InChI is InChI=1S/C23H25ClN2O5S/c1-15-19(26-23(31-15)17-6-4-5-7-18(17)24)13-32(28)14-22(27)25-11-10-16-8-9-20(29-2)21(12-16)30-3/h4-9,12H,10-11,13-14H2,1-3H3,(H,25,27)/t32-/m0/s1. The summed E-state index contributed by atoms with van der Waals surface area (Å²) < 4.78 is 28.7. The number of rotatable bonds is 10. The molecule has 0 fully saturated rings. The first-order valence-electron chi connectivity index (χ1n) is 9.95. The summed E-state index contributed by atoms with van der Waals surface area (Å²) in [4.78, 5) is 16.6. The minimum absolute atomic E-state index is 0.111. The van der Waals surface area contributed by atoms with Crippen molar-refractivity contribution in [1.29, 1.82) is 0 Å². The monoisotopic (exact) mass is 476 g/mol. The Balaban J connectivity index is 1.50. The number of carbonyl (C=O) groups is 1. The van der Waals surface area contributed by atoms with Crippen LogP contribution in [0.25, 0.3) is 11.5 Å². The van der Waals surface area contributed by atoms with E-state index in [1.807, 2.05) is 30.3 Å². The van der Waals surface area contributed by atoms with Crippen LogP contribution in [-0.2, 0) is 27.8 Å². The van der Waals surface area contributed by atoms with Gasteiger partial charge >= 0.3 is 0 Å². The van der Waals surface area contributed by atoms with E-state index in [0.29, 0.717) is 52.4 Å². The van der Waals surface area contributed by atoms with Crippen LogP contribution in [0.15, 0.2) is 46.9 Å². The average Bonchev–Trinajstić information content (AvgIpc) is 3.13. The Morgan fingerprint density at radius 1 is 1.16 bits per heavy atom. The van der Waals surface area contributed by atoms with E-state index in [0.717, 1.165) is 5.56 Å². The van der Waals surface area contributed by atoms with Crippen molar-refractivity contribution in [1.82, 2.24) is 10.3 Å². The third-order valence-corrected chi connectivity index (χ3v) is 6.28. The number of methoxy groups -OCH3 is 2. The highest BCUT2D eigenvalue weighted by Gasteiger charge is 2.17. The van der Waals surface area contributed by atoms with E-state index >= 15 is 0 Å². The van der Waals surface area contributed by atoms with Crippen molar-refractivity contribution in [2.24, 2.45) is 0 Å². The lowest BCUT2D eigenvalue weighted by molar-refractivity contribution is -0.118. The zero-order valence-electron chi connectivity index (χ0n) is 18.1. The number of nitrogens with one attached hydrogen (secondary N) is 1. The molecule has 0 spiro atoms. The number of amides is 1.